The topological polar surface area (TPSA) is 63.4 Å². The van der Waals surface area contributed by atoms with Gasteiger partial charge >= 0.3 is 0 Å². The Morgan fingerprint density at radius 3 is 2.13 bits per heavy atom. The SMILES string of the molecule is Cc1cc(C)c(C)c(S(=O)(=O)N2CC3CCC(N)C3C2)c1C.Cl. The van der Waals surface area contributed by atoms with Crippen LogP contribution in [0.1, 0.15) is 35.1 Å². The van der Waals surface area contributed by atoms with Crippen LogP contribution in [0.15, 0.2) is 11.0 Å². The second-order valence-corrected chi connectivity index (χ2v) is 8.95. The lowest BCUT2D eigenvalue weighted by molar-refractivity contribution is 0.426. The summed E-state index contributed by atoms with van der Waals surface area (Å²) in [5.74, 6) is 0.776. The average Bonchev–Trinajstić information content (AvgIpc) is 3.00. The highest BCUT2D eigenvalue weighted by Crippen LogP contribution is 2.40. The van der Waals surface area contributed by atoms with Crippen molar-refractivity contribution in [3.8, 4) is 0 Å². The standard InChI is InChI=1S/C17H26N2O2S.ClH/c1-10-7-11(2)13(4)17(12(10)3)22(20,21)19-8-14-5-6-16(18)15(14)9-19;/h7,14-16H,5-6,8-9,18H2,1-4H3;1H. The lowest BCUT2D eigenvalue weighted by atomic mass is 9.98. The zero-order chi connectivity index (χ0) is 16.2. The van der Waals surface area contributed by atoms with Crippen LogP contribution in [0.2, 0.25) is 0 Å². The second kappa shape index (κ2) is 6.36. The summed E-state index contributed by atoms with van der Waals surface area (Å²) in [6.45, 7) is 9.01. The van der Waals surface area contributed by atoms with Gasteiger partial charge in [0.2, 0.25) is 10.0 Å². The first-order valence-corrected chi connectivity index (χ1v) is 9.50. The minimum absolute atomic E-state index is 0. The minimum atomic E-state index is -3.43. The summed E-state index contributed by atoms with van der Waals surface area (Å²) in [4.78, 5) is 0.513. The molecule has 3 atom stereocenters. The van der Waals surface area contributed by atoms with Gasteiger partial charge in [-0.2, -0.15) is 4.31 Å². The summed E-state index contributed by atoms with van der Waals surface area (Å²) in [6, 6.07) is 2.23. The molecule has 130 valence electrons. The van der Waals surface area contributed by atoms with Gasteiger partial charge in [0.25, 0.3) is 0 Å². The quantitative estimate of drug-likeness (QED) is 0.884. The van der Waals surface area contributed by atoms with Gasteiger partial charge in [-0.3, -0.25) is 0 Å². The summed E-state index contributed by atoms with van der Waals surface area (Å²) in [5.41, 5.74) is 9.99. The van der Waals surface area contributed by atoms with Crippen LogP contribution in [0.4, 0.5) is 0 Å². The van der Waals surface area contributed by atoms with E-state index in [2.05, 4.69) is 6.07 Å². The largest absolute Gasteiger partial charge is 0.327 e. The van der Waals surface area contributed by atoms with Gasteiger partial charge in [-0.05, 0) is 74.6 Å². The zero-order valence-corrected chi connectivity index (χ0v) is 15.9. The Hall–Kier alpha value is -0.620. The van der Waals surface area contributed by atoms with Gasteiger partial charge in [0.05, 0.1) is 4.90 Å². The van der Waals surface area contributed by atoms with Crippen molar-refractivity contribution >= 4 is 22.4 Å². The predicted octanol–water partition coefficient (Wildman–Crippen LogP) is 2.70. The molecule has 3 unspecified atom stereocenters. The van der Waals surface area contributed by atoms with Crippen molar-refractivity contribution in [3.63, 3.8) is 0 Å². The molecule has 1 aromatic carbocycles. The normalized spacial score (nSPS) is 27.8. The van der Waals surface area contributed by atoms with Gasteiger partial charge in [-0.1, -0.05) is 6.07 Å². The van der Waals surface area contributed by atoms with E-state index in [0.717, 1.165) is 35.1 Å². The van der Waals surface area contributed by atoms with E-state index < -0.39 is 10.0 Å². The molecule has 6 heteroatoms. The molecular weight excluding hydrogens is 332 g/mol. The maximum absolute atomic E-state index is 13.2. The Balaban J connectivity index is 0.00000192. The first kappa shape index (κ1) is 18.7. The molecule has 0 radical (unpaired) electrons. The molecule has 1 saturated heterocycles. The summed E-state index contributed by atoms with van der Waals surface area (Å²) >= 11 is 0. The molecule has 2 fully saturated rings. The van der Waals surface area contributed by atoms with Crippen molar-refractivity contribution < 1.29 is 8.42 Å². The molecule has 0 amide bonds. The smallest absolute Gasteiger partial charge is 0.243 e. The van der Waals surface area contributed by atoms with Crippen molar-refractivity contribution in [3.05, 3.63) is 28.3 Å². The van der Waals surface area contributed by atoms with E-state index in [0.29, 0.717) is 29.8 Å². The third-order valence-electron chi connectivity index (χ3n) is 5.77. The van der Waals surface area contributed by atoms with Crippen LogP contribution in [0.5, 0.6) is 0 Å². The first-order valence-electron chi connectivity index (χ1n) is 8.06. The Morgan fingerprint density at radius 1 is 1.04 bits per heavy atom. The van der Waals surface area contributed by atoms with E-state index in [1.807, 2.05) is 27.7 Å². The molecule has 0 bridgehead atoms. The fourth-order valence-electron chi connectivity index (χ4n) is 4.16. The molecule has 4 nitrogen and oxygen atoms in total. The fourth-order valence-corrected chi connectivity index (χ4v) is 6.27. The first-order chi connectivity index (χ1) is 10.2. The van der Waals surface area contributed by atoms with Crippen molar-refractivity contribution in [1.82, 2.24) is 4.31 Å². The molecule has 2 aliphatic rings. The van der Waals surface area contributed by atoms with E-state index in [9.17, 15) is 8.42 Å². The lowest BCUT2D eigenvalue weighted by Crippen LogP contribution is -2.34. The van der Waals surface area contributed by atoms with Crippen molar-refractivity contribution in [1.29, 1.82) is 0 Å². The predicted molar refractivity (Wildman–Crippen MR) is 95.6 cm³/mol. The molecule has 1 aliphatic carbocycles. The van der Waals surface area contributed by atoms with Gasteiger partial charge in [0.1, 0.15) is 0 Å². The second-order valence-electron chi connectivity index (χ2n) is 7.08. The van der Waals surface area contributed by atoms with Gasteiger partial charge in [-0.15, -0.1) is 12.4 Å². The van der Waals surface area contributed by atoms with Crippen molar-refractivity contribution in [2.75, 3.05) is 13.1 Å². The number of hydrogen-bond acceptors (Lipinski definition) is 3. The summed E-state index contributed by atoms with van der Waals surface area (Å²) in [6.07, 6.45) is 2.09. The third kappa shape index (κ3) is 2.93. The van der Waals surface area contributed by atoms with Crippen LogP contribution < -0.4 is 5.73 Å². The third-order valence-corrected chi connectivity index (χ3v) is 7.88. The van der Waals surface area contributed by atoms with Crippen LogP contribution >= 0.6 is 12.4 Å². The fraction of sp³-hybridized carbons (Fsp3) is 0.647. The molecular formula is C17H27ClN2O2S. The van der Waals surface area contributed by atoms with Crippen LogP contribution in [0.25, 0.3) is 0 Å². The van der Waals surface area contributed by atoms with E-state index in [1.54, 1.807) is 4.31 Å². The maximum atomic E-state index is 13.2. The molecule has 2 N–H and O–H groups in total. The monoisotopic (exact) mass is 358 g/mol. The lowest BCUT2D eigenvalue weighted by Gasteiger charge is -2.23. The number of rotatable bonds is 2. The molecule has 1 aliphatic heterocycles. The number of hydrogen-bond donors (Lipinski definition) is 1. The zero-order valence-electron chi connectivity index (χ0n) is 14.3. The van der Waals surface area contributed by atoms with E-state index in [4.69, 9.17) is 5.73 Å². The molecule has 1 heterocycles. The number of benzene rings is 1. The van der Waals surface area contributed by atoms with Gasteiger partial charge in [0, 0.05) is 19.1 Å². The van der Waals surface area contributed by atoms with Crippen LogP contribution in [-0.4, -0.2) is 31.9 Å². The van der Waals surface area contributed by atoms with Crippen molar-refractivity contribution in [2.45, 2.75) is 51.5 Å². The van der Waals surface area contributed by atoms with Gasteiger partial charge in [0.15, 0.2) is 0 Å². The molecule has 0 spiro atoms. The molecule has 0 aromatic heterocycles. The Labute approximate surface area is 145 Å². The van der Waals surface area contributed by atoms with E-state index in [-0.39, 0.29) is 18.4 Å². The van der Waals surface area contributed by atoms with Gasteiger partial charge < -0.3 is 5.73 Å². The maximum Gasteiger partial charge on any atom is 0.243 e. The Kier molecular flexibility index (Phi) is 5.17. The molecule has 3 rings (SSSR count). The number of halogens is 1. The van der Waals surface area contributed by atoms with Crippen LogP contribution in [0.3, 0.4) is 0 Å². The Morgan fingerprint density at radius 2 is 1.61 bits per heavy atom. The van der Waals surface area contributed by atoms with Gasteiger partial charge in [-0.25, -0.2) is 8.42 Å². The number of sulfonamides is 1. The summed E-state index contributed by atoms with van der Waals surface area (Å²) in [7, 11) is -3.43. The van der Waals surface area contributed by atoms with E-state index >= 15 is 0 Å². The highest BCUT2D eigenvalue weighted by molar-refractivity contribution is 7.89. The summed E-state index contributed by atoms with van der Waals surface area (Å²) < 4.78 is 28.1. The van der Waals surface area contributed by atoms with Crippen LogP contribution in [0, 0.1) is 39.5 Å². The molecule has 1 saturated carbocycles. The number of nitrogens with zero attached hydrogens (tertiary/aromatic N) is 1. The number of fused-ring (bicyclic) bond motifs is 1. The van der Waals surface area contributed by atoms with Crippen LogP contribution in [-0.2, 0) is 10.0 Å². The molecule has 1 aromatic rings. The Bertz CT molecular complexity index is 692. The minimum Gasteiger partial charge on any atom is -0.327 e. The molecule has 23 heavy (non-hydrogen) atoms. The van der Waals surface area contributed by atoms with Crippen molar-refractivity contribution in [2.24, 2.45) is 17.6 Å². The average molecular weight is 359 g/mol. The highest BCUT2D eigenvalue weighted by Gasteiger charge is 2.45. The number of nitrogens with two attached hydrogens (primary N) is 1. The number of aryl methyl sites for hydroxylation is 2. The highest BCUT2D eigenvalue weighted by atomic mass is 35.5. The van der Waals surface area contributed by atoms with E-state index in [1.165, 1.54) is 0 Å². The summed E-state index contributed by atoms with van der Waals surface area (Å²) in [5, 5.41) is 0.